The van der Waals surface area contributed by atoms with Gasteiger partial charge in [0.25, 0.3) is 0 Å². The van der Waals surface area contributed by atoms with Crippen molar-refractivity contribution in [3.05, 3.63) is 0 Å². The van der Waals surface area contributed by atoms with Gasteiger partial charge in [-0.3, -0.25) is 4.90 Å². The molecule has 2 atom stereocenters. The minimum atomic E-state index is -0.846. The van der Waals surface area contributed by atoms with Crippen LogP contribution in [0.4, 0.5) is 0 Å². The minimum absolute atomic E-state index is 0.0169. The lowest BCUT2D eigenvalue weighted by atomic mass is 9.99. The van der Waals surface area contributed by atoms with E-state index in [2.05, 4.69) is 11.8 Å². The van der Waals surface area contributed by atoms with Gasteiger partial charge in [-0.2, -0.15) is 0 Å². The maximum Gasteiger partial charge on any atom is 0.0988 e. The summed E-state index contributed by atoms with van der Waals surface area (Å²) in [5, 5.41) is 18.9. The highest BCUT2D eigenvalue weighted by molar-refractivity contribution is 4.86. The van der Waals surface area contributed by atoms with Crippen LogP contribution in [0.1, 0.15) is 20.8 Å². The van der Waals surface area contributed by atoms with Crippen LogP contribution in [0.15, 0.2) is 0 Å². The second-order valence-electron chi connectivity index (χ2n) is 4.44. The Labute approximate surface area is 85.5 Å². The number of rotatable bonds is 3. The van der Waals surface area contributed by atoms with Crippen molar-refractivity contribution in [2.45, 2.75) is 38.6 Å². The molecule has 1 fully saturated rings. The molecule has 0 aromatic heterocycles. The topological polar surface area (TPSA) is 52.9 Å². The van der Waals surface area contributed by atoms with Gasteiger partial charge in [0, 0.05) is 13.1 Å². The van der Waals surface area contributed by atoms with Crippen LogP contribution < -0.4 is 0 Å². The van der Waals surface area contributed by atoms with E-state index in [1.54, 1.807) is 13.8 Å². The molecule has 1 aliphatic heterocycles. The Morgan fingerprint density at radius 2 is 2.07 bits per heavy atom. The quantitative estimate of drug-likeness (QED) is 0.669. The fourth-order valence-corrected chi connectivity index (χ4v) is 1.66. The van der Waals surface area contributed by atoms with E-state index < -0.39 is 5.60 Å². The molecule has 0 aliphatic carbocycles. The summed E-state index contributed by atoms with van der Waals surface area (Å²) in [4.78, 5) is 2.19. The average Bonchev–Trinajstić information content (AvgIpc) is 2.15. The first-order valence-electron chi connectivity index (χ1n) is 5.18. The van der Waals surface area contributed by atoms with Crippen molar-refractivity contribution in [1.82, 2.24) is 4.90 Å². The van der Waals surface area contributed by atoms with Gasteiger partial charge in [0.2, 0.25) is 0 Å². The van der Waals surface area contributed by atoms with Crippen molar-refractivity contribution < 1.29 is 14.9 Å². The van der Waals surface area contributed by atoms with Gasteiger partial charge in [-0.25, -0.2) is 0 Å². The average molecular weight is 203 g/mol. The van der Waals surface area contributed by atoms with Gasteiger partial charge in [0.15, 0.2) is 0 Å². The summed E-state index contributed by atoms with van der Waals surface area (Å²) in [6.45, 7) is 7.98. The molecule has 4 heteroatoms. The molecule has 0 bridgehead atoms. The van der Waals surface area contributed by atoms with Gasteiger partial charge in [-0.1, -0.05) is 6.92 Å². The van der Waals surface area contributed by atoms with Crippen LogP contribution in [-0.4, -0.2) is 59.2 Å². The molecule has 1 saturated heterocycles. The molecule has 2 N–H and O–H groups in total. The maximum absolute atomic E-state index is 9.84. The number of aliphatic hydroxyl groups is 2. The first-order valence-corrected chi connectivity index (χ1v) is 5.18. The normalized spacial score (nSPS) is 30.6. The zero-order valence-electron chi connectivity index (χ0n) is 9.23. The monoisotopic (exact) mass is 203 g/mol. The third-order valence-electron chi connectivity index (χ3n) is 2.68. The molecule has 0 amide bonds. The fraction of sp³-hybridized carbons (Fsp3) is 1.00. The molecule has 0 aromatic carbocycles. The predicted molar refractivity (Wildman–Crippen MR) is 54.2 cm³/mol. The fourth-order valence-electron chi connectivity index (χ4n) is 1.66. The van der Waals surface area contributed by atoms with Gasteiger partial charge in [0.1, 0.15) is 0 Å². The number of morpholine rings is 1. The van der Waals surface area contributed by atoms with Crippen molar-refractivity contribution in [3.8, 4) is 0 Å². The zero-order valence-corrected chi connectivity index (χ0v) is 9.23. The Morgan fingerprint density at radius 3 is 2.50 bits per heavy atom. The van der Waals surface area contributed by atoms with E-state index in [1.165, 1.54) is 0 Å². The number of nitrogens with zero attached hydrogens (tertiary/aromatic N) is 1. The van der Waals surface area contributed by atoms with Crippen LogP contribution in [0.3, 0.4) is 0 Å². The molecule has 0 unspecified atom stereocenters. The summed E-state index contributed by atoms with van der Waals surface area (Å²) in [6.07, 6.45) is -0.381. The van der Waals surface area contributed by atoms with E-state index in [1.807, 2.05) is 0 Å². The standard InChI is InChI=1S/C10H21NO3/c1-4-11-5-8(7-12)14-9(6-11)10(2,3)13/h8-9,12-13H,4-7H2,1-3H3/t8-,9+/m1/s1. The van der Waals surface area contributed by atoms with Gasteiger partial charge in [-0.15, -0.1) is 0 Å². The Hall–Kier alpha value is -0.160. The Kier molecular flexibility index (Phi) is 3.89. The lowest BCUT2D eigenvalue weighted by molar-refractivity contribution is -0.169. The molecule has 0 aromatic rings. The molecule has 14 heavy (non-hydrogen) atoms. The van der Waals surface area contributed by atoms with Crippen molar-refractivity contribution in [2.75, 3.05) is 26.2 Å². The van der Waals surface area contributed by atoms with Crippen LogP contribution in [0, 0.1) is 0 Å². The number of hydrogen-bond donors (Lipinski definition) is 2. The molecule has 1 rings (SSSR count). The number of aliphatic hydroxyl groups excluding tert-OH is 1. The second-order valence-corrected chi connectivity index (χ2v) is 4.44. The van der Waals surface area contributed by atoms with Crippen molar-refractivity contribution in [2.24, 2.45) is 0 Å². The Morgan fingerprint density at radius 1 is 1.43 bits per heavy atom. The highest BCUT2D eigenvalue weighted by Crippen LogP contribution is 2.20. The first kappa shape index (κ1) is 11.9. The number of hydrogen-bond acceptors (Lipinski definition) is 4. The van der Waals surface area contributed by atoms with Crippen molar-refractivity contribution in [3.63, 3.8) is 0 Å². The molecule has 4 nitrogen and oxygen atoms in total. The number of likely N-dealkylation sites (N-methyl/N-ethyl adjacent to an activating group) is 1. The van der Waals surface area contributed by atoms with Gasteiger partial charge in [0.05, 0.1) is 24.4 Å². The van der Waals surface area contributed by atoms with Crippen LogP contribution in [0.2, 0.25) is 0 Å². The smallest absolute Gasteiger partial charge is 0.0988 e. The van der Waals surface area contributed by atoms with Gasteiger partial charge >= 0.3 is 0 Å². The van der Waals surface area contributed by atoms with Gasteiger partial charge in [-0.05, 0) is 20.4 Å². The predicted octanol–water partition coefficient (Wildman–Crippen LogP) is -0.161. The van der Waals surface area contributed by atoms with E-state index in [0.717, 1.165) is 19.6 Å². The third-order valence-corrected chi connectivity index (χ3v) is 2.68. The molecule has 1 aliphatic rings. The number of ether oxygens (including phenoxy) is 1. The SMILES string of the molecule is CCN1C[C@H](CO)O[C@H](C(C)(C)O)C1. The highest BCUT2D eigenvalue weighted by atomic mass is 16.5. The zero-order chi connectivity index (χ0) is 10.8. The van der Waals surface area contributed by atoms with E-state index in [4.69, 9.17) is 9.84 Å². The van der Waals surface area contributed by atoms with Gasteiger partial charge < -0.3 is 14.9 Å². The van der Waals surface area contributed by atoms with Crippen molar-refractivity contribution in [1.29, 1.82) is 0 Å². The van der Waals surface area contributed by atoms with Crippen LogP contribution in [0.5, 0.6) is 0 Å². The maximum atomic E-state index is 9.84. The molecular formula is C10H21NO3. The summed E-state index contributed by atoms with van der Waals surface area (Å²) in [7, 11) is 0. The summed E-state index contributed by atoms with van der Waals surface area (Å²) in [6, 6.07) is 0. The summed E-state index contributed by atoms with van der Waals surface area (Å²) in [5.41, 5.74) is -0.846. The van der Waals surface area contributed by atoms with E-state index in [0.29, 0.717) is 0 Å². The Bertz CT molecular complexity index is 167. The second kappa shape index (κ2) is 4.57. The Balaban J connectivity index is 2.60. The first-order chi connectivity index (χ1) is 6.47. The molecule has 0 radical (unpaired) electrons. The van der Waals surface area contributed by atoms with Crippen molar-refractivity contribution >= 4 is 0 Å². The molecule has 1 heterocycles. The summed E-state index contributed by atoms with van der Waals surface area (Å²) < 4.78 is 5.59. The largest absolute Gasteiger partial charge is 0.394 e. The van der Waals surface area contributed by atoms with Crippen LogP contribution >= 0.6 is 0 Å². The summed E-state index contributed by atoms with van der Waals surface area (Å²) >= 11 is 0. The molecular weight excluding hydrogens is 182 g/mol. The van der Waals surface area contributed by atoms with E-state index in [9.17, 15) is 5.11 Å². The molecule has 0 saturated carbocycles. The van der Waals surface area contributed by atoms with E-state index in [-0.39, 0.29) is 18.8 Å². The molecule has 0 spiro atoms. The third kappa shape index (κ3) is 2.92. The lowest BCUT2D eigenvalue weighted by Gasteiger charge is -2.41. The van der Waals surface area contributed by atoms with E-state index >= 15 is 0 Å². The van der Waals surface area contributed by atoms with Crippen LogP contribution in [0.25, 0.3) is 0 Å². The van der Waals surface area contributed by atoms with Crippen LogP contribution in [-0.2, 0) is 4.74 Å². The summed E-state index contributed by atoms with van der Waals surface area (Å²) in [5.74, 6) is 0. The molecule has 84 valence electrons. The lowest BCUT2D eigenvalue weighted by Crippen LogP contribution is -2.55. The minimum Gasteiger partial charge on any atom is -0.394 e. The highest BCUT2D eigenvalue weighted by Gasteiger charge is 2.35.